The maximum absolute atomic E-state index is 5.45. The van der Waals surface area contributed by atoms with E-state index in [1.54, 1.807) is 0 Å². The molecule has 0 saturated carbocycles. The average molecular weight is 464 g/mol. The molecule has 0 atom stereocenters. The van der Waals surface area contributed by atoms with Gasteiger partial charge in [0.25, 0.3) is 0 Å². The summed E-state index contributed by atoms with van der Waals surface area (Å²) in [4.78, 5) is 10.9. The summed E-state index contributed by atoms with van der Waals surface area (Å²) in [5.74, 6) is 0. The summed E-state index contributed by atoms with van der Waals surface area (Å²) in [7, 11) is -2.39. The van der Waals surface area contributed by atoms with Crippen molar-refractivity contribution in [1.29, 1.82) is 0 Å². The Balaban J connectivity index is 1.50. The zero-order valence-electron chi connectivity index (χ0n) is 19.8. The van der Waals surface area contributed by atoms with E-state index in [0.717, 1.165) is 18.3 Å². The van der Waals surface area contributed by atoms with E-state index in [2.05, 4.69) is 116 Å². The third kappa shape index (κ3) is 3.10. The van der Waals surface area contributed by atoms with Gasteiger partial charge in [-0.3, -0.25) is 0 Å². The van der Waals surface area contributed by atoms with Crippen LogP contribution in [0.2, 0.25) is 6.55 Å². The Morgan fingerprint density at radius 2 is 1.00 bits per heavy atom. The minimum absolute atomic E-state index is 0.227. The summed E-state index contributed by atoms with van der Waals surface area (Å²) >= 11 is 0. The lowest BCUT2D eigenvalue weighted by Gasteiger charge is -2.35. The first-order chi connectivity index (χ1) is 17.2. The van der Waals surface area contributed by atoms with E-state index >= 15 is 0 Å². The highest BCUT2D eigenvalue weighted by molar-refractivity contribution is 7.10. The Kier molecular flexibility index (Phi) is 4.65. The first-order valence-electron chi connectivity index (χ1n) is 12.4. The van der Waals surface area contributed by atoms with Crippen molar-refractivity contribution in [3.63, 3.8) is 0 Å². The van der Waals surface area contributed by atoms with Crippen LogP contribution in [-0.4, -0.2) is 24.8 Å². The molecule has 5 aromatic rings. The lowest BCUT2D eigenvalue weighted by Crippen LogP contribution is -2.69. The third-order valence-electron chi connectivity index (χ3n) is 7.99. The molecule has 7 rings (SSSR count). The van der Waals surface area contributed by atoms with Gasteiger partial charge in [-0.25, -0.2) is 9.97 Å². The molecule has 3 heterocycles. The van der Waals surface area contributed by atoms with Crippen LogP contribution in [0, 0.1) is 0 Å². The van der Waals surface area contributed by atoms with Gasteiger partial charge in [-0.1, -0.05) is 127 Å². The van der Waals surface area contributed by atoms with Crippen LogP contribution in [0.1, 0.15) is 22.5 Å². The molecule has 0 unspecified atom stereocenters. The van der Waals surface area contributed by atoms with Gasteiger partial charge in [-0.05, 0) is 27.0 Å². The van der Waals surface area contributed by atoms with Crippen molar-refractivity contribution >= 4 is 47.0 Å². The molecular formula is C31H25BN2Si. The fraction of sp³-hybridized carbons (Fsp3) is 0.0968. The summed E-state index contributed by atoms with van der Waals surface area (Å²) in [6.45, 7) is 2.64. The normalized spacial score (nSPS) is 13.6. The van der Waals surface area contributed by atoms with Crippen molar-refractivity contribution in [3.05, 3.63) is 132 Å². The second-order valence-electron chi connectivity index (χ2n) is 9.90. The van der Waals surface area contributed by atoms with Gasteiger partial charge in [0, 0.05) is 24.2 Å². The second-order valence-corrected chi connectivity index (χ2v) is 13.7. The Labute approximate surface area is 207 Å². The number of aromatic nitrogens is 2. The third-order valence-corrected chi connectivity index (χ3v) is 12.1. The molecule has 0 radical (unpaired) electrons. The van der Waals surface area contributed by atoms with E-state index < -0.39 is 8.07 Å². The van der Waals surface area contributed by atoms with Crippen LogP contribution < -0.4 is 32.2 Å². The molecule has 0 amide bonds. The largest absolute Gasteiger partial charge is 0.246 e. The monoisotopic (exact) mass is 464 g/mol. The van der Waals surface area contributed by atoms with Crippen LogP contribution in [-0.2, 0) is 12.8 Å². The summed E-state index contributed by atoms with van der Waals surface area (Å²) in [6, 6.07) is 39.7. The smallest absolute Gasteiger partial charge is 0.243 e. The van der Waals surface area contributed by atoms with Crippen molar-refractivity contribution in [3.8, 4) is 0 Å². The van der Waals surface area contributed by atoms with Crippen LogP contribution in [0.4, 0.5) is 0 Å². The Morgan fingerprint density at radius 3 is 1.49 bits per heavy atom. The van der Waals surface area contributed by atoms with E-state index in [1.165, 1.54) is 49.3 Å². The van der Waals surface area contributed by atoms with Crippen LogP contribution in [0.25, 0.3) is 0 Å². The minimum atomic E-state index is -2.39. The van der Waals surface area contributed by atoms with Gasteiger partial charge >= 0.3 is 0 Å². The van der Waals surface area contributed by atoms with E-state index in [0.29, 0.717) is 0 Å². The van der Waals surface area contributed by atoms with E-state index in [-0.39, 0.29) is 6.71 Å². The molecule has 1 aromatic heterocycles. The van der Waals surface area contributed by atoms with Gasteiger partial charge in [-0.15, -0.1) is 0 Å². The van der Waals surface area contributed by atoms with E-state index in [4.69, 9.17) is 9.97 Å². The van der Waals surface area contributed by atoms with Crippen LogP contribution in [0.3, 0.4) is 0 Å². The highest BCUT2D eigenvalue weighted by Crippen LogP contribution is 2.20. The molecule has 2 aliphatic rings. The topological polar surface area (TPSA) is 25.8 Å². The lowest BCUT2D eigenvalue weighted by atomic mass is 9.31. The van der Waals surface area contributed by atoms with Gasteiger partial charge < -0.3 is 0 Å². The minimum Gasteiger partial charge on any atom is -0.243 e. The number of nitrogens with zero attached hydrogens (tertiary/aromatic N) is 2. The number of hydrogen-bond donors (Lipinski definition) is 0. The van der Waals surface area contributed by atoms with Gasteiger partial charge in [-0.2, -0.15) is 0 Å². The van der Waals surface area contributed by atoms with Gasteiger partial charge in [0.05, 0.1) is 0 Å². The molecule has 4 heteroatoms. The molecule has 0 spiro atoms. The molecule has 0 aliphatic carbocycles. The number of hydrogen-bond acceptors (Lipinski definition) is 2. The highest BCUT2D eigenvalue weighted by atomic mass is 28.3. The Bertz CT molecular complexity index is 1460. The lowest BCUT2D eigenvalue weighted by molar-refractivity contribution is 1.00. The molecule has 4 aromatic carbocycles. The first kappa shape index (κ1) is 20.6. The van der Waals surface area contributed by atoms with Crippen molar-refractivity contribution < 1.29 is 0 Å². The highest BCUT2D eigenvalue weighted by Gasteiger charge is 2.42. The van der Waals surface area contributed by atoms with Crippen molar-refractivity contribution in [2.45, 2.75) is 19.4 Å². The Hall–Kier alpha value is -3.76. The fourth-order valence-electron chi connectivity index (χ4n) is 6.15. The van der Waals surface area contributed by atoms with E-state index in [9.17, 15) is 0 Å². The van der Waals surface area contributed by atoms with Gasteiger partial charge in [0.15, 0.2) is 8.07 Å². The molecule has 0 fully saturated rings. The molecule has 0 saturated heterocycles. The summed E-state index contributed by atoms with van der Waals surface area (Å²) in [6.07, 6.45) is 1.75. The number of benzene rings is 4. The van der Waals surface area contributed by atoms with Crippen molar-refractivity contribution in [1.82, 2.24) is 9.97 Å². The zero-order chi connectivity index (χ0) is 23.4. The molecule has 0 N–H and O–H groups in total. The quantitative estimate of drug-likeness (QED) is 0.374. The maximum Gasteiger partial charge on any atom is 0.246 e. The van der Waals surface area contributed by atoms with Crippen molar-refractivity contribution in [2.75, 3.05) is 0 Å². The predicted octanol–water partition coefficient (Wildman–Crippen LogP) is 1.90. The average Bonchev–Trinajstić information content (AvgIpc) is 2.93. The summed E-state index contributed by atoms with van der Waals surface area (Å²) < 4.78 is 0. The molecule has 166 valence electrons. The molecular weight excluding hydrogens is 439 g/mol. The molecule has 35 heavy (non-hydrogen) atoms. The molecule has 0 bridgehead atoms. The first-order valence-corrected chi connectivity index (χ1v) is 14.9. The SMILES string of the molecule is C[Si](c1ccccc1)(c1ccccc1)c1nc2c3c(n1)Cc1ccccc1B3c1ccccc1C2. The molecule has 2 aliphatic heterocycles. The second kappa shape index (κ2) is 7.89. The number of fused-ring (bicyclic) bond motifs is 4. The van der Waals surface area contributed by atoms with Crippen LogP contribution in [0.15, 0.2) is 109 Å². The predicted molar refractivity (Wildman–Crippen MR) is 149 cm³/mol. The van der Waals surface area contributed by atoms with Gasteiger partial charge in [0.1, 0.15) is 5.45 Å². The number of rotatable bonds is 3. The van der Waals surface area contributed by atoms with Crippen molar-refractivity contribution in [2.24, 2.45) is 0 Å². The Morgan fingerprint density at radius 1 is 0.571 bits per heavy atom. The fourth-order valence-corrected chi connectivity index (χ4v) is 9.44. The van der Waals surface area contributed by atoms with Crippen LogP contribution in [0.5, 0.6) is 0 Å². The maximum atomic E-state index is 5.45. The molecule has 2 nitrogen and oxygen atoms in total. The summed E-state index contributed by atoms with van der Waals surface area (Å²) in [5.41, 5.74) is 10.4. The standard InChI is InChI=1S/C31H25BN2Si/c1-35(24-14-4-2-5-15-24,25-16-6-3-7-17-25)31-33-28-20-22-12-8-10-18-26(22)32-27-19-11-9-13-23(27)21-29(34-31)30(28)32/h2-19H,20-21H2,1H3. The van der Waals surface area contributed by atoms with Crippen LogP contribution >= 0.6 is 0 Å². The van der Waals surface area contributed by atoms with E-state index in [1.807, 2.05) is 0 Å². The van der Waals surface area contributed by atoms with Gasteiger partial charge in [0.2, 0.25) is 6.71 Å². The summed E-state index contributed by atoms with van der Waals surface area (Å²) in [5, 5.41) is 2.70. The zero-order valence-corrected chi connectivity index (χ0v) is 20.8.